The van der Waals surface area contributed by atoms with Crippen LogP contribution in [0.2, 0.25) is 0 Å². The Morgan fingerprint density at radius 3 is 2.36 bits per heavy atom. The lowest BCUT2D eigenvalue weighted by molar-refractivity contribution is -0.130. The van der Waals surface area contributed by atoms with E-state index in [1.807, 2.05) is 60.7 Å². The summed E-state index contributed by atoms with van der Waals surface area (Å²) >= 11 is 1.24. The van der Waals surface area contributed by atoms with E-state index in [0.717, 1.165) is 11.1 Å². The van der Waals surface area contributed by atoms with Crippen LogP contribution in [0.3, 0.4) is 0 Å². The summed E-state index contributed by atoms with van der Waals surface area (Å²) < 4.78 is 4.37. The van der Waals surface area contributed by atoms with Crippen LogP contribution in [-0.2, 0) is 22.6 Å². The van der Waals surface area contributed by atoms with Gasteiger partial charge in [0.25, 0.3) is 0 Å². The average Bonchev–Trinajstić information content (AvgIpc) is 3.33. The van der Waals surface area contributed by atoms with Crippen LogP contribution >= 0.6 is 11.5 Å². The van der Waals surface area contributed by atoms with Crippen LogP contribution in [0.25, 0.3) is 11.4 Å². The Labute approximate surface area is 198 Å². The largest absolute Gasteiger partial charge is 0.348 e. The molecule has 8 nitrogen and oxygen atoms in total. The van der Waals surface area contributed by atoms with Crippen LogP contribution in [0.1, 0.15) is 29.8 Å². The zero-order valence-electron chi connectivity index (χ0n) is 18.4. The SMILES string of the molecule is NCCC[C@H](N)C(=O)N[C@H](CCc1ccccc1)C(=O)NCc1nc(-c2ccccc2)ns1. The average molecular weight is 467 g/mol. The van der Waals surface area contributed by atoms with Crippen molar-refractivity contribution in [1.29, 1.82) is 0 Å². The third-order valence-electron chi connectivity index (χ3n) is 5.17. The van der Waals surface area contributed by atoms with E-state index in [1.54, 1.807) is 0 Å². The van der Waals surface area contributed by atoms with E-state index in [0.29, 0.717) is 43.1 Å². The highest BCUT2D eigenvalue weighted by Crippen LogP contribution is 2.17. The van der Waals surface area contributed by atoms with Crippen LogP contribution in [-0.4, -0.2) is 39.8 Å². The standard InChI is InChI=1S/C24H30N6O2S/c25-15-7-12-19(26)23(31)28-20(14-13-17-8-3-1-4-9-17)24(32)27-16-21-29-22(30-33-21)18-10-5-2-6-11-18/h1-6,8-11,19-20H,7,12-16,25-26H2,(H,27,32)(H,28,31)/t19-,20+/m0/s1. The lowest BCUT2D eigenvalue weighted by Gasteiger charge is -2.20. The molecule has 2 amide bonds. The number of aromatic nitrogens is 2. The van der Waals surface area contributed by atoms with Crippen molar-refractivity contribution in [2.45, 2.75) is 44.3 Å². The van der Waals surface area contributed by atoms with E-state index in [2.05, 4.69) is 20.0 Å². The smallest absolute Gasteiger partial charge is 0.242 e. The van der Waals surface area contributed by atoms with Crippen molar-refractivity contribution in [3.05, 3.63) is 71.2 Å². The maximum atomic E-state index is 13.0. The molecule has 0 saturated carbocycles. The fourth-order valence-corrected chi connectivity index (χ4v) is 3.89. The van der Waals surface area contributed by atoms with Crippen molar-refractivity contribution in [2.75, 3.05) is 6.54 Å². The Morgan fingerprint density at radius 2 is 1.67 bits per heavy atom. The van der Waals surface area contributed by atoms with E-state index < -0.39 is 12.1 Å². The minimum absolute atomic E-state index is 0.236. The van der Waals surface area contributed by atoms with Crippen LogP contribution in [0, 0.1) is 0 Å². The van der Waals surface area contributed by atoms with E-state index in [9.17, 15) is 9.59 Å². The van der Waals surface area contributed by atoms with E-state index >= 15 is 0 Å². The Balaban J connectivity index is 1.61. The molecule has 0 fully saturated rings. The van der Waals surface area contributed by atoms with Gasteiger partial charge >= 0.3 is 0 Å². The van der Waals surface area contributed by atoms with Crippen LogP contribution in [0.5, 0.6) is 0 Å². The number of aryl methyl sites for hydroxylation is 1. The van der Waals surface area contributed by atoms with Gasteiger partial charge in [0.15, 0.2) is 5.82 Å². The fourth-order valence-electron chi connectivity index (χ4n) is 3.29. The van der Waals surface area contributed by atoms with Gasteiger partial charge in [-0.3, -0.25) is 9.59 Å². The molecule has 0 unspecified atom stereocenters. The lowest BCUT2D eigenvalue weighted by atomic mass is 10.0. The first-order chi connectivity index (χ1) is 16.1. The molecule has 33 heavy (non-hydrogen) atoms. The number of nitrogens with two attached hydrogens (primary N) is 2. The quantitative estimate of drug-likeness (QED) is 0.322. The van der Waals surface area contributed by atoms with Crippen molar-refractivity contribution < 1.29 is 9.59 Å². The van der Waals surface area contributed by atoms with Gasteiger partial charge in [0, 0.05) is 5.56 Å². The molecule has 1 heterocycles. The molecule has 6 N–H and O–H groups in total. The number of amides is 2. The summed E-state index contributed by atoms with van der Waals surface area (Å²) in [5.41, 5.74) is 13.5. The molecule has 9 heteroatoms. The van der Waals surface area contributed by atoms with Gasteiger partial charge < -0.3 is 22.1 Å². The Morgan fingerprint density at radius 1 is 0.970 bits per heavy atom. The third-order valence-corrected chi connectivity index (χ3v) is 5.88. The Bertz CT molecular complexity index is 1010. The molecule has 174 valence electrons. The summed E-state index contributed by atoms with van der Waals surface area (Å²) in [7, 11) is 0. The summed E-state index contributed by atoms with van der Waals surface area (Å²) in [5, 5.41) is 6.38. The summed E-state index contributed by atoms with van der Waals surface area (Å²) in [5.74, 6) is 0.00497. The number of rotatable bonds is 12. The number of hydrogen-bond donors (Lipinski definition) is 4. The Kier molecular flexibility index (Phi) is 9.49. The second-order valence-electron chi connectivity index (χ2n) is 7.72. The van der Waals surface area contributed by atoms with Crippen molar-refractivity contribution in [3.8, 4) is 11.4 Å². The topological polar surface area (TPSA) is 136 Å². The molecule has 2 aromatic carbocycles. The highest BCUT2D eigenvalue weighted by atomic mass is 32.1. The predicted molar refractivity (Wildman–Crippen MR) is 130 cm³/mol. The van der Waals surface area contributed by atoms with E-state index in [-0.39, 0.29) is 18.4 Å². The molecule has 0 aliphatic rings. The molecule has 0 bridgehead atoms. The molecule has 3 aromatic rings. The number of hydrogen-bond acceptors (Lipinski definition) is 7. The van der Waals surface area contributed by atoms with Crippen molar-refractivity contribution >= 4 is 23.3 Å². The molecule has 0 saturated heterocycles. The number of nitrogens with zero attached hydrogens (tertiary/aromatic N) is 2. The first kappa shape index (κ1) is 24.5. The van der Waals surface area contributed by atoms with Gasteiger partial charge in [-0.1, -0.05) is 60.7 Å². The highest BCUT2D eigenvalue weighted by molar-refractivity contribution is 7.05. The number of carbonyl (C=O) groups excluding carboxylic acids is 2. The van der Waals surface area contributed by atoms with Gasteiger partial charge in [-0.25, -0.2) is 4.98 Å². The van der Waals surface area contributed by atoms with Gasteiger partial charge in [-0.15, -0.1) is 0 Å². The number of nitrogens with one attached hydrogen (secondary N) is 2. The molecule has 0 aliphatic carbocycles. The lowest BCUT2D eigenvalue weighted by Crippen LogP contribution is -2.51. The maximum Gasteiger partial charge on any atom is 0.242 e. The van der Waals surface area contributed by atoms with E-state index in [4.69, 9.17) is 11.5 Å². The summed E-state index contributed by atoms with van der Waals surface area (Å²) in [6.45, 7) is 0.700. The maximum absolute atomic E-state index is 13.0. The van der Waals surface area contributed by atoms with Gasteiger partial charge in [0.1, 0.15) is 11.0 Å². The van der Waals surface area contributed by atoms with Gasteiger partial charge in [0.05, 0.1) is 12.6 Å². The minimum atomic E-state index is -0.705. The number of benzene rings is 2. The second-order valence-corrected chi connectivity index (χ2v) is 8.55. The normalized spacial score (nSPS) is 12.7. The summed E-state index contributed by atoms with van der Waals surface area (Å²) in [6.07, 6.45) is 2.23. The molecule has 1 aromatic heterocycles. The van der Waals surface area contributed by atoms with Gasteiger partial charge in [0.2, 0.25) is 11.8 Å². The van der Waals surface area contributed by atoms with E-state index in [1.165, 1.54) is 11.5 Å². The first-order valence-electron chi connectivity index (χ1n) is 11.0. The molecular formula is C24H30N6O2S. The summed E-state index contributed by atoms with van der Waals surface area (Å²) in [6, 6.07) is 18.1. The second kappa shape index (κ2) is 12.8. The van der Waals surface area contributed by atoms with Crippen molar-refractivity contribution in [1.82, 2.24) is 20.0 Å². The van der Waals surface area contributed by atoms with Crippen molar-refractivity contribution in [2.24, 2.45) is 11.5 Å². The minimum Gasteiger partial charge on any atom is -0.348 e. The number of carbonyl (C=O) groups is 2. The molecular weight excluding hydrogens is 436 g/mol. The molecule has 2 atom stereocenters. The zero-order valence-corrected chi connectivity index (χ0v) is 19.3. The third kappa shape index (κ3) is 7.74. The zero-order chi connectivity index (χ0) is 23.5. The van der Waals surface area contributed by atoms with Gasteiger partial charge in [-0.2, -0.15) is 4.37 Å². The fraction of sp³-hybridized carbons (Fsp3) is 0.333. The predicted octanol–water partition coefficient (Wildman–Crippen LogP) is 2.01. The van der Waals surface area contributed by atoms with Crippen LogP contribution in [0.4, 0.5) is 0 Å². The van der Waals surface area contributed by atoms with Crippen molar-refractivity contribution in [3.63, 3.8) is 0 Å². The van der Waals surface area contributed by atoms with Crippen LogP contribution < -0.4 is 22.1 Å². The first-order valence-corrected chi connectivity index (χ1v) is 11.8. The molecule has 0 aliphatic heterocycles. The molecule has 3 rings (SSSR count). The monoisotopic (exact) mass is 466 g/mol. The Hall–Kier alpha value is -3.14. The molecule has 0 radical (unpaired) electrons. The summed E-state index contributed by atoms with van der Waals surface area (Å²) in [4.78, 5) is 30.0. The molecule has 0 spiro atoms. The van der Waals surface area contributed by atoms with Gasteiger partial charge in [-0.05, 0) is 49.3 Å². The highest BCUT2D eigenvalue weighted by Gasteiger charge is 2.23. The van der Waals surface area contributed by atoms with Crippen LogP contribution in [0.15, 0.2) is 60.7 Å².